The van der Waals surface area contributed by atoms with E-state index in [1.807, 2.05) is 0 Å². The molecule has 0 saturated heterocycles. The molecule has 27 heavy (non-hydrogen) atoms. The van der Waals surface area contributed by atoms with Crippen LogP contribution in [-0.2, 0) is 0 Å². The lowest BCUT2D eigenvalue weighted by molar-refractivity contribution is 0.0939. The van der Waals surface area contributed by atoms with Gasteiger partial charge in [-0.3, -0.25) is 15.6 Å². The van der Waals surface area contributed by atoms with Crippen molar-refractivity contribution in [3.63, 3.8) is 0 Å². The van der Waals surface area contributed by atoms with E-state index in [-0.39, 0.29) is 5.91 Å². The van der Waals surface area contributed by atoms with Gasteiger partial charge in [-0.25, -0.2) is 0 Å². The van der Waals surface area contributed by atoms with Crippen molar-refractivity contribution < 1.29 is 19.0 Å². The number of thiocarbonyl (C=S) groups is 1. The van der Waals surface area contributed by atoms with Crippen molar-refractivity contribution in [1.82, 2.24) is 16.2 Å². The van der Waals surface area contributed by atoms with Gasteiger partial charge in [0.2, 0.25) is 5.75 Å². The third-order valence-electron chi connectivity index (χ3n) is 5.26. The predicted molar refractivity (Wildman–Crippen MR) is 108 cm³/mol. The van der Waals surface area contributed by atoms with E-state index in [4.69, 9.17) is 26.4 Å². The third kappa shape index (κ3) is 4.94. The van der Waals surface area contributed by atoms with Crippen molar-refractivity contribution in [3.05, 3.63) is 17.7 Å². The zero-order chi connectivity index (χ0) is 20.0. The molecule has 0 heterocycles. The number of nitrogens with one attached hydrogen (secondary N) is 3. The molecule has 0 spiro atoms. The Morgan fingerprint density at radius 1 is 1.04 bits per heavy atom. The van der Waals surface area contributed by atoms with Crippen molar-refractivity contribution in [2.24, 2.45) is 11.8 Å². The lowest BCUT2D eigenvalue weighted by atomic mass is 9.78. The van der Waals surface area contributed by atoms with E-state index in [0.717, 1.165) is 6.42 Å². The highest BCUT2D eigenvalue weighted by molar-refractivity contribution is 7.80. The molecule has 0 unspecified atom stereocenters. The summed E-state index contributed by atoms with van der Waals surface area (Å²) in [5.41, 5.74) is 5.69. The Labute approximate surface area is 166 Å². The maximum absolute atomic E-state index is 12.6. The second-order valence-corrected chi connectivity index (χ2v) is 7.22. The largest absolute Gasteiger partial charge is 0.493 e. The number of rotatable bonds is 5. The first kappa shape index (κ1) is 21.1. The number of hydrogen-bond acceptors (Lipinski definition) is 5. The highest BCUT2D eigenvalue weighted by atomic mass is 32.1. The summed E-state index contributed by atoms with van der Waals surface area (Å²) in [5.74, 6) is 1.94. The molecule has 0 aromatic heterocycles. The number of methoxy groups -OCH3 is 3. The Bertz CT molecular complexity index is 683. The molecule has 0 radical (unpaired) electrons. The van der Waals surface area contributed by atoms with Crippen LogP contribution in [0.4, 0.5) is 0 Å². The number of hydrazine groups is 1. The normalized spacial score (nSPS) is 21.7. The van der Waals surface area contributed by atoms with Crippen molar-refractivity contribution in [2.75, 3.05) is 21.3 Å². The summed E-state index contributed by atoms with van der Waals surface area (Å²) >= 11 is 5.33. The first-order chi connectivity index (χ1) is 12.9. The minimum Gasteiger partial charge on any atom is -0.493 e. The fraction of sp³-hybridized carbons (Fsp3) is 0.579. The Kier molecular flexibility index (Phi) is 7.53. The molecule has 1 aromatic carbocycles. The van der Waals surface area contributed by atoms with Crippen molar-refractivity contribution in [3.8, 4) is 17.2 Å². The molecule has 8 heteroatoms. The number of carbonyl (C=O) groups is 1. The smallest absolute Gasteiger partial charge is 0.273 e. The Morgan fingerprint density at radius 3 is 2.37 bits per heavy atom. The fourth-order valence-corrected chi connectivity index (χ4v) is 3.65. The average molecular weight is 396 g/mol. The van der Waals surface area contributed by atoms with Crippen molar-refractivity contribution >= 4 is 23.2 Å². The van der Waals surface area contributed by atoms with E-state index in [1.54, 1.807) is 12.1 Å². The van der Waals surface area contributed by atoms with Gasteiger partial charge in [-0.2, -0.15) is 0 Å². The van der Waals surface area contributed by atoms with Gasteiger partial charge >= 0.3 is 0 Å². The Morgan fingerprint density at radius 2 is 1.74 bits per heavy atom. The van der Waals surface area contributed by atoms with Crippen molar-refractivity contribution in [1.29, 1.82) is 0 Å². The van der Waals surface area contributed by atoms with Gasteiger partial charge < -0.3 is 19.5 Å². The molecular weight excluding hydrogens is 366 g/mol. The fourth-order valence-electron chi connectivity index (χ4n) is 3.45. The Balaban J connectivity index is 2.00. The third-order valence-corrected chi connectivity index (χ3v) is 5.48. The molecular formula is C19H29N3O4S. The molecule has 1 aliphatic rings. The molecule has 1 amide bonds. The van der Waals surface area contributed by atoms with Gasteiger partial charge in [0, 0.05) is 6.04 Å². The number of ether oxygens (including phenoxy) is 3. The molecule has 1 fully saturated rings. The van der Waals surface area contributed by atoms with Crippen LogP contribution in [0.1, 0.15) is 43.5 Å². The molecule has 1 aromatic rings. The van der Waals surface area contributed by atoms with E-state index >= 15 is 0 Å². The number of amides is 1. The maximum atomic E-state index is 12.6. The number of carbonyl (C=O) groups excluding carboxylic acids is 1. The quantitative estimate of drug-likeness (QED) is 0.522. The van der Waals surface area contributed by atoms with Gasteiger partial charge in [-0.15, -0.1) is 0 Å². The summed E-state index contributed by atoms with van der Waals surface area (Å²) < 4.78 is 15.9. The van der Waals surface area contributed by atoms with Crippen LogP contribution in [0.15, 0.2) is 12.1 Å². The molecule has 3 N–H and O–H groups in total. The molecule has 3 atom stereocenters. The van der Waals surface area contributed by atoms with Crippen LogP contribution >= 0.6 is 12.2 Å². The maximum Gasteiger partial charge on any atom is 0.273 e. The van der Waals surface area contributed by atoms with Crippen LogP contribution in [0.5, 0.6) is 17.2 Å². The summed E-state index contributed by atoms with van der Waals surface area (Å²) in [6.07, 6.45) is 3.50. The van der Waals surface area contributed by atoms with Gasteiger partial charge in [0.1, 0.15) is 0 Å². The van der Waals surface area contributed by atoms with Gasteiger partial charge in [0.15, 0.2) is 16.6 Å². The average Bonchev–Trinajstić information content (AvgIpc) is 2.68. The standard InChI is InChI=1S/C19H29N3O4S/c1-11-7-6-8-14(12(11)2)20-19(27)22-21-18(23)13-9-10-15(24-3)17(26-5)16(13)25-4/h9-12,14H,6-8H2,1-5H3,(H,21,23)(H2,20,22,27)/t11-,12-,14-/m1/s1. The zero-order valence-corrected chi connectivity index (χ0v) is 17.4. The summed E-state index contributed by atoms with van der Waals surface area (Å²) in [7, 11) is 4.49. The second-order valence-electron chi connectivity index (χ2n) is 6.81. The highest BCUT2D eigenvalue weighted by Crippen LogP contribution is 2.39. The van der Waals surface area contributed by atoms with Crippen molar-refractivity contribution in [2.45, 2.75) is 39.2 Å². The summed E-state index contributed by atoms with van der Waals surface area (Å²) in [4.78, 5) is 12.6. The van der Waals surface area contributed by atoms with Gasteiger partial charge in [0.05, 0.1) is 26.9 Å². The molecule has 1 saturated carbocycles. The topological polar surface area (TPSA) is 80.9 Å². The van der Waals surface area contributed by atoms with E-state index in [2.05, 4.69) is 30.0 Å². The predicted octanol–water partition coefficient (Wildman–Crippen LogP) is 2.65. The van der Waals surface area contributed by atoms with Gasteiger partial charge in [0.25, 0.3) is 5.91 Å². The first-order valence-corrected chi connectivity index (χ1v) is 9.49. The van der Waals surface area contributed by atoms with Crippen LogP contribution < -0.4 is 30.4 Å². The van der Waals surface area contributed by atoms with Gasteiger partial charge in [-0.1, -0.05) is 26.7 Å². The van der Waals surface area contributed by atoms with Crippen LogP contribution in [0, 0.1) is 11.8 Å². The van der Waals surface area contributed by atoms with Crippen LogP contribution in [0.2, 0.25) is 0 Å². The lowest BCUT2D eigenvalue weighted by Gasteiger charge is -2.35. The van der Waals surface area contributed by atoms with Crippen LogP contribution in [0.25, 0.3) is 0 Å². The molecule has 0 aliphatic heterocycles. The number of benzene rings is 1. The van der Waals surface area contributed by atoms with Crippen LogP contribution in [-0.4, -0.2) is 38.4 Å². The minimum atomic E-state index is -0.387. The zero-order valence-electron chi connectivity index (χ0n) is 16.5. The number of hydrogen-bond donors (Lipinski definition) is 3. The molecule has 1 aliphatic carbocycles. The second kappa shape index (κ2) is 9.64. The highest BCUT2D eigenvalue weighted by Gasteiger charge is 2.27. The minimum absolute atomic E-state index is 0.296. The molecule has 0 bridgehead atoms. The monoisotopic (exact) mass is 395 g/mol. The summed E-state index contributed by atoms with van der Waals surface area (Å²) in [6, 6.07) is 3.57. The van der Waals surface area contributed by atoms with E-state index < -0.39 is 0 Å². The molecule has 2 rings (SSSR count). The summed E-state index contributed by atoms with van der Waals surface area (Å²) in [5, 5.41) is 3.70. The summed E-state index contributed by atoms with van der Waals surface area (Å²) in [6.45, 7) is 4.50. The SMILES string of the molecule is COc1ccc(C(=O)NNC(=S)N[C@@H]2CCC[C@@H](C)[C@H]2C)c(OC)c1OC. The molecule has 7 nitrogen and oxygen atoms in total. The van der Waals surface area contributed by atoms with E-state index in [1.165, 1.54) is 34.2 Å². The lowest BCUT2D eigenvalue weighted by Crippen LogP contribution is -2.52. The Hall–Kier alpha value is -2.22. The van der Waals surface area contributed by atoms with Gasteiger partial charge in [-0.05, 0) is 42.6 Å². The molecule has 150 valence electrons. The van der Waals surface area contributed by atoms with E-state index in [0.29, 0.717) is 45.8 Å². The van der Waals surface area contributed by atoms with E-state index in [9.17, 15) is 4.79 Å². The first-order valence-electron chi connectivity index (χ1n) is 9.08. The van der Waals surface area contributed by atoms with Crippen LogP contribution in [0.3, 0.4) is 0 Å².